The number of nitrogens with zero attached hydrogens (tertiary/aromatic N) is 2. The van der Waals surface area contributed by atoms with Gasteiger partial charge in [0.15, 0.2) is 0 Å². The highest BCUT2D eigenvalue weighted by Gasteiger charge is 2.28. The molecule has 2 aromatic rings. The fourth-order valence-electron chi connectivity index (χ4n) is 4.13. The van der Waals surface area contributed by atoms with E-state index in [9.17, 15) is 18.0 Å². The first-order valence-electron chi connectivity index (χ1n) is 10.8. The van der Waals surface area contributed by atoms with Gasteiger partial charge in [-0.15, -0.1) is 0 Å². The van der Waals surface area contributed by atoms with Crippen LogP contribution in [-0.2, 0) is 21.4 Å². The summed E-state index contributed by atoms with van der Waals surface area (Å²) in [4.78, 5) is 26.5. The lowest BCUT2D eigenvalue weighted by atomic mass is 10.1. The number of benzene rings is 2. The molecule has 1 N–H and O–H groups in total. The summed E-state index contributed by atoms with van der Waals surface area (Å²) in [6.07, 6.45) is 4.10. The molecule has 2 saturated heterocycles. The van der Waals surface area contributed by atoms with Crippen molar-refractivity contribution >= 4 is 39.1 Å². The number of sulfonamides is 1. The van der Waals surface area contributed by atoms with E-state index in [1.54, 1.807) is 29.2 Å². The molecule has 0 aliphatic carbocycles. The molecule has 2 aliphatic rings. The minimum absolute atomic E-state index is 0.000151. The first kappa shape index (κ1) is 22.8. The zero-order chi connectivity index (χ0) is 22.7. The molecule has 2 aromatic carbocycles. The molecule has 32 heavy (non-hydrogen) atoms. The van der Waals surface area contributed by atoms with Gasteiger partial charge in [0.05, 0.1) is 5.02 Å². The molecule has 0 aromatic heterocycles. The number of hydrogen-bond donors (Lipinski definition) is 1. The molecule has 170 valence electrons. The van der Waals surface area contributed by atoms with E-state index < -0.39 is 10.0 Å². The summed E-state index contributed by atoms with van der Waals surface area (Å²) in [7, 11) is -3.73. The zero-order valence-electron chi connectivity index (χ0n) is 17.7. The van der Waals surface area contributed by atoms with Crippen LogP contribution in [0.25, 0.3) is 0 Å². The first-order valence-corrected chi connectivity index (χ1v) is 12.6. The predicted molar refractivity (Wildman–Crippen MR) is 123 cm³/mol. The number of carbonyl (C=O) groups is 2. The highest BCUT2D eigenvalue weighted by Crippen LogP contribution is 2.29. The number of likely N-dealkylation sites (tertiary alicyclic amines) is 1. The van der Waals surface area contributed by atoms with Crippen LogP contribution in [0.15, 0.2) is 47.4 Å². The number of hydrogen-bond acceptors (Lipinski definition) is 4. The Labute approximate surface area is 193 Å². The molecule has 7 nitrogen and oxygen atoms in total. The van der Waals surface area contributed by atoms with Crippen molar-refractivity contribution in [3.05, 3.63) is 58.6 Å². The third-order valence-electron chi connectivity index (χ3n) is 5.86. The standard InChI is InChI=1S/C23H26ClN3O4S/c24-20-10-9-19(15-21(20)32(30,31)27-12-2-1-3-13-27)25-23(29)18-7-4-6-17(14-18)16-26-11-5-8-22(26)28/h4,6-7,9-10,14-15H,1-3,5,8,11-13,16H2,(H,25,29). The second kappa shape index (κ2) is 9.60. The van der Waals surface area contributed by atoms with Gasteiger partial charge in [-0.3, -0.25) is 9.59 Å². The van der Waals surface area contributed by atoms with Gasteiger partial charge in [0.2, 0.25) is 15.9 Å². The normalized spacial score (nSPS) is 17.5. The van der Waals surface area contributed by atoms with Crippen molar-refractivity contribution in [1.29, 1.82) is 0 Å². The molecule has 0 saturated carbocycles. The minimum Gasteiger partial charge on any atom is -0.338 e. The van der Waals surface area contributed by atoms with Crippen molar-refractivity contribution in [2.75, 3.05) is 25.0 Å². The molecule has 0 atom stereocenters. The quantitative estimate of drug-likeness (QED) is 0.686. The smallest absolute Gasteiger partial charge is 0.255 e. The van der Waals surface area contributed by atoms with E-state index in [0.29, 0.717) is 37.3 Å². The fraction of sp³-hybridized carbons (Fsp3) is 0.391. The van der Waals surface area contributed by atoms with Gasteiger partial charge in [-0.05, 0) is 55.2 Å². The SMILES string of the molecule is O=C(Nc1ccc(Cl)c(S(=O)(=O)N2CCCCC2)c1)c1cccc(CN2CCCC2=O)c1. The van der Waals surface area contributed by atoms with Crippen molar-refractivity contribution in [3.63, 3.8) is 0 Å². The largest absolute Gasteiger partial charge is 0.338 e. The van der Waals surface area contributed by atoms with Crippen LogP contribution in [0.4, 0.5) is 5.69 Å². The fourth-order valence-corrected chi connectivity index (χ4v) is 6.15. The first-order chi connectivity index (χ1) is 15.3. The number of nitrogens with one attached hydrogen (secondary N) is 1. The number of halogens is 1. The average molecular weight is 476 g/mol. The van der Waals surface area contributed by atoms with Gasteiger partial charge in [-0.2, -0.15) is 4.31 Å². The second-order valence-electron chi connectivity index (χ2n) is 8.18. The summed E-state index contributed by atoms with van der Waals surface area (Å²) >= 11 is 6.22. The van der Waals surface area contributed by atoms with E-state index >= 15 is 0 Å². The van der Waals surface area contributed by atoms with Gasteiger partial charge in [0.25, 0.3) is 5.91 Å². The Morgan fingerprint density at radius 3 is 2.50 bits per heavy atom. The molecular formula is C23H26ClN3O4S. The lowest BCUT2D eigenvalue weighted by Crippen LogP contribution is -2.35. The van der Waals surface area contributed by atoms with Crippen molar-refractivity contribution in [2.24, 2.45) is 0 Å². The van der Waals surface area contributed by atoms with E-state index in [0.717, 1.165) is 37.8 Å². The molecule has 0 bridgehead atoms. The van der Waals surface area contributed by atoms with Crippen LogP contribution in [0, 0.1) is 0 Å². The topological polar surface area (TPSA) is 86.8 Å². The monoisotopic (exact) mass is 475 g/mol. The predicted octanol–water partition coefficient (Wildman–Crippen LogP) is 3.89. The molecule has 2 heterocycles. The van der Waals surface area contributed by atoms with Gasteiger partial charge in [-0.1, -0.05) is 30.2 Å². The molecule has 9 heteroatoms. The molecule has 0 spiro atoms. The van der Waals surface area contributed by atoms with Crippen molar-refractivity contribution in [1.82, 2.24) is 9.21 Å². The highest BCUT2D eigenvalue weighted by molar-refractivity contribution is 7.89. The molecular weight excluding hydrogens is 450 g/mol. The average Bonchev–Trinajstić information content (AvgIpc) is 3.20. The Balaban J connectivity index is 1.51. The molecule has 4 rings (SSSR count). The van der Waals surface area contributed by atoms with E-state index in [-0.39, 0.29) is 21.7 Å². The maximum absolute atomic E-state index is 13.0. The highest BCUT2D eigenvalue weighted by atomic mass is 35.5. The van der Waals surface area contributed by atoms with Crippen LogP contribution in [-0.4, -0.2) is 49.1 Å². The minimum atomic E-state index is -3.73. The molecule has 0 radical (unpaired) electrons. The van der Waals surface area contributed by atoms with Gasteiger partial charge >= 0.3 is 0 Å². The van der Waals surface area contributed by atoms with Crippen molar-refractivity contribution in [2.45, 2.75) is 43.5 Å². The van der Waals surface area contributed by atoms with Crippen LogP contribution in [0.1, 0.15) is 48.0 Å². The van der Waals surface area contributed by atoms with E-state index in [1.165, 1.54) is 16.4 Å². The van der Waals surface area contributed by atoms with Gasteiger partial charge in [0.1, 0.15) is 4.90 Å². The second-order valence-corrected chi connectivity index (χ2v) is 10.5. The van der Waals surface area contributed by atoms with Crippen LogP contribution < -0.4 is 5.32 Å². The number of amides is 2. The van der Waals surface area contributed by atoms with Crippen LogP contribution >= 0.6 is 11.6 Å². The van der Waals surface area contributed by atoms with Gasteiger partial charge < -0.3 is 10.2 Å². The van der Waals surface area contributed by atoms with Crippen LogP contribution in [0.5, 0.6) is 0 Å². The number of carbonyl (C=O) groups excluding carboxylic acids is 2. The third-order valence-corrected chi connectivity index (χ3v) is 8.24. The Kier molecular flexibility index (Phi) is 6.83. The summed E-state index contributed by atoms with van der Waals surface area (Å²) in [5.41, 5.74) is 1.66. The maximum atomic E-state index is 13.0. The summed E-state index contributed by atoms with van der Waals surface area (Å²) < 4.78 is 27.5. The summed E-state index contributed by atoms with van der Waals surface area (Å²) in [6, 6.07) is 11.6. The van der Waals surface area contributed by atoms with Crippen LogP contribution in [0.2, 0.25) is 5.02 Å². The number of rotatable bonds is 6. The Morgan fingerprint density at radius 2 is 1.78 bits per heavy atom. The van der Waals surface area contributed by atoms with Crippen LogP contribution in [0.3, 0.4) is 0 Å². The van der Waals surface area contributed by atoms with E-state index in [1.807, 2.05) is 6.07 Å². The third kappa shape index (κ3) is 4.98. The molecule has 0 unspecified atom stereocenters. The summed E-state index contributed by atoms with van der Waals surface area (Å²) in [5.74, 6) is -0.230. The van der Waals surface area contributed by atoms with Gasteiger partial charge in [0, 0.05) is 43.9 Å². The summed E-state index contributed by atoms with van der Waals surface area (Å²) in [6.45, 7) is 2.15. The summed E-state index contributed by atoms with van der Waals surface area (Å²) in [5, 5.41) is 2.90. The molecule has 2 fully saturated rings. The maximum Gasteiger partial charge on any atom is 0.255 e. The van der Waals surface area contributed by atoms with Gasteiger partial charge in [-0.25, -0.2) is 8.42 Å². The van der Waals surface area contributed by atoms with E-state index in [4.69, 9.17) is 11.6 Å². The van der Waals surface area contributed by atoms with E-state index in [2.05, 4.69) is 5.32 Å². The zero-order valence-corrected chi connectivity index (χ0v) is 19.3. The molecule has 2 amide bonds. The Morgan fingerprint density at radius 1 is 1.00 bits per heavy atom. The Bertz CT molecular complexity index is 1130. The Hall–Kier alpha value is -2.42. The molecule has 2 aliphatic heterocycles. The number of anilines is 1. The van der Waals surface area contributed by atoms with Crippen molar-refractivity contribution < 1.29 is 18.0 Å². The lowest BCUT2D eigenvalue weighted by molar-refractivity contribution is -0.128. The number of piperidine rings is 1. The lowest BCUT2D eigenvalue weighted by Gasteiger charge is -2.26. The van der Waals surface area contributed by atoms with Crippen molar-refractivity contribution in [3.8, 4) is 0 Å².